The molecular weight excluding hydrogens is 494 g/mol. The van der Waals surface area contributed by atoms with Crippen molar-refractivity contribution in [3.63, 3.8) is 0 Å². The highest BCUT2D eigenvalue weighted by Gasteiger charge is 2.27. The Morgan fingerprint density at radius 1 is 0.556 bits per heavy atom. The average Bonchev–Trinajstić information content (AvgIpc) is 2.83. The van der Waals surface area contributed by atoms with Crippen LogP contribution >= 0.6 is 15.2 Å². The molecule has 36 heavy (non-hydrogen) atoms. The number of hydrogen-bond acceptors (Lipinski definition) is 6. The molecule has 210 valence electrons. The third-order valence-corrected chi connectivity index (χ3v) is 9.93. The van der Waals surface area contributed by atoms with Gasteiger partial charge in [-0.3, -0.25) is 9.13 Å². The molecule has 0 heterocycles. The molecule has 0 aliphatic heterocycles. The molecule has 0 N–H and O–H groups in total. The summed E-state index contributed by atoms with van der Waals surface area (Å²) >= 11 is 0. The van der Waals surface area contributed by atoms with Crippen molar-refractivity contribution in [3.05, 3.63) is 35.4 Å². The third kappa shape index (κ3) is 15.7. The molecule has 0 amide bonds. The Hall–Kier alpha value is -0.480. The first-order valence-electron chi connectivity index (χ1n) is 14.2. The van der Waals surface area contributed by atoms with Crippen LogP contribution in [-0.2, 0) is 39.5 Å². The second-order valence-electron chi connectivity index (χ2n) is 9.40. The summed E-state index contributed by atoms with van der Waals surface area (Å²) in [4.78, 5) is 0. The van der Waals surface area contributed by atoms with Crippen LogP contribution in [0.2, 0.25) is 0 Å². The molecule has 0 aromatic heterocycles. The topological polar surface area (TPSA) is 71.1 Å². The Kier molecular flexibility index (Phi) is 19.1. The summed E-state index contributed by atoms with van der Waals surface area (Å²) in [6.07, 6.45) is 14.1. The standard InChI is InChI=1S/C28H52O6P2/c1-5-9-11-13-14-16-18-23-34-36(30,32-8-4)26-28-21-19-20-27(24-28)25-35(29,31-7-3)33-22-17-15-12-10-6-2/h19-21,24H,5-18,22-23,25-26H2,1-4H3. The van der Waals surface area contributed by atoms with Crippen LogP contribution in [0, 0.1) is 0 Å². The number of hydrogen-bond donors (Lipinski definition) is 0. The van der Waals surface area contributed by atoms with Gasteiger partial charge in [0.1, 0.15) is 0 Å². The minimum Gasteiger partial charge on any atom is -0.309 e. The first kappa shape index (κ1) is 33.5. The fourth-order valence-electron chi connectivity index (χ4n) is 4.10. The Morgan fingerprint density at radius 2 is 0.944 bits per heavy atom. The van der Waals surface area contributed by atoms with Gasteiger partial charge in [0, 0.05) is 0 Å². The zero-order chi connectivity index (χ0) is 26.5. The largest absolute Gasteiger partial charge is 0.335 e. The van der Waals surface area contributed by atoms with Gasteiger partial charge in [0.15, 0.2) is 0 Å². The smallest absolute Gasteiger partial charge is 0.309 e. The van der Waals surface area contributed by atoms with Gasteiger partial charge < -0.3 is 18.1 Å². The Morgan fingerprint density at radius 3 is 1.33 bits per heavy atom. The highest BCUT2D eigenvalue weighted by Crippen LogP contribution is 2.53. The maximum Gasteiger partial charge on any atom is 0.335 e. The van der Waals surface area contributed by atoms with E-state index in [1.807, 2.05) is 38.1 Å². The highest BCUT2D eigenvalue weighted by atomic mass is 31.2. The maximum atomic E-state index is 13.4. The lowest BCUT2D eigenvalue weighted by Gasteiger charge is -2.20. The van der Waals surface area contributed by atoms with Crippen LogP contribution in [0.15, 0.2) is 24.3 Å². The van der Waals surface area contributed by atoms with Gasteiger partial charge in [0.2, 0.25) is 0 Å². The first-order valence-corrected chi connectivity index (χ1v) is 17.7. The van der Waals surface area contributed by atoms with E-state index in [-0.39, 0.29) is 12.3 Å². The number of unbranched alkanes of at least 4 members (excludes halogenated alkanes) is 10. The van der Waals surface area contributed by atoms with E-state index in [0.717, 1.165) is 36.8 Å². The number of rotatable bonds is 24. The van der Waals surface area contributed by atoms with E-state index in [1.165, 1.54) is 51.4 Å². The average molecular weight is 547 g/mol. The zero-order valence-electron chi connectivity index (χ0n) is 23.4. The monoisotopic (exact) mass is 546 g/mol. The maximum absolute atomic E-state index is 13.4. The summed E-state index contributed by atoms with van der Waals surface area (Å²) in [7, 11) is -6.50. The van der Waals surface area contributed by atoms with E-state index in [0.29, 0.717) is 26.4 Å². The van der Waals surface area contributed by atoms with Crippen molar-refractivity contribution >= 4 is 15.2 Å². The van der Waals surface area contributed by atoms with Crippen LogP contribution in [0.1, 0.15) is 116 Å². The van der Waals surface area contributed by atoms with Crippen LogP contribution in [0.25, 0.3) is 0 Å². The van der Waals surface area contributed by atoms with E-state index in [4.69, 9.17) is 18.1 Å². The van der Waals surface area contributed by atoms with Crippen molar-refractivity contribution in [1.29, 1.82) is 0 Å². The van der Waals surface area contributed by atoms with Crippen LogP contribution in [0.3, 0.4) is 0 Å². The minimum absolute atomic E-state index is 0.196. The summed E-state index contributed by atoms with van der Waals surface area (Å²) in [5, 5.41) is 0. The molecule has 0 fully saturated rings. The fraction of sp³-hybridized carbons (Fsp3) is 0.786. The van der Waals surface area contributed by atoms with Gasteiger partial charge >= 0.3 is 15.2 Å². The van der Waals surface area contributed by atoms with E-state index < -0.39 is 15.2 Å². The predicted molar refractivity (Wildman–Crippen MR) is 151 cm³/mol. The second kappa shape index (κ2) is 20.5. The van der Waals surface area contributed by atoms with Crippen molar-refractivity contribution in [1.82, 2.24) is 0 Å². The summed E-state index contributed by atoms with van der Waals surface area (Å²) in [6, 6.07) is 7.62. The lowest BCUT2D eigenvalue weighted by atomic mass is 10.1. The molecule has 0 radical (unpaired) electrons. The SMILES string of the molecule is CCCCCCCCCOP(=O)(Cc1cccc(CP(=O)(OCC)OCCCCCCC)c1)OCC. The van der Waals surface area contributed by atoms with Crippen molar-refractivity contribution in [3.8, 4) is 0 Å². The molecule has 6 nitrogen and oxygen atoms in total. The molecule has 1 aromatic rings. The van der Waals surface area contributed by atoms with E-state index in [2.05, 4.69) is 13.8 Å². The molecular formula is C28H52O6P2. The second-order valence-corrected chi connectivity index (χ2v) is 13.5. The van der Waals surface area contributed by atoms with Crippen LogP contribution in [0.4, 0.5) is 0 Å². The van der Waals surface area contributed by atoms with Crippen molar-refractivity contribution < 1.29 is 27.2 Å². The summed E-state index contributed by atoms with van der Waals surface area (Å²) in [6.45, 7) is 9.61. The summed E-state index contributed by atoms with van der Waals surface area (Å²) < 4.78 is 49.4. The zero-order valence-corrected chi connectivity index (χ0v) is 25.2. The van der Waals surface area contributed by atoms with Gasteiger partial charge in [0.05, 0.1) is 38.8 Å². The lowest BCUT2D eigenvalue weighted by Crippen LogP contribution is -2.03. The van der Waals surface area contributed by atoms with Crippen LogP contribution in [-0.4, -0.2) is 26.4 Å². The van der Waals surface area contributed by atoms with E-state index >= 15 is 0 Å². The molecule has 8 heteroatoms. The quantitative estimate of drug-likeness (QED) is 0.0949. The van der Waals surface area contributed by atoms with Gasteiger partial charge in [-0.25, -0.2) is 0 Å². The normalized spacial score (nSPS) is 15.0. The van der Waals surface area contributed by atoms with Gasteiger partial charge in [-0.2, -0.15) is 0 Å². The molecule has 1 aromatic carbocycles. The number of benzene rings is 1. The van der Waals surface area contributed by atoms with Gasteiger partial charge in [-0.05, 0) is 37.8 Å². The van der Waals surface area contributed by atoms with E-state index in [9.17, 15) is 9.13 Å². The van der Waals surface area contributed by atoms with Gasteiger partial charge in [0.25, 0.3) is 0 Å². The van der Waals surface area contributed by atoms with Crippen LogP contribution < -0.4 is 0 Å². The molecule has 2 atom stereocenters. The first-order chi connectivity index (χ1) is 17.4. The highest BCUT2D eigenvalue weighted by molar-refractivity contribution is 7.53. The fourth-order valence-corrected chi connectivity index (χ4v) is 7.50. The molecule has 2 unspecified atom stereocenters. The predicted octanol–water partition coefficient (Wildman–Crippen LogP) is 9.90. The lowest BCUT2D eigenvalue weighted by molar-refractivity contribution is 0.206. The van der Waals surface area contributed by atoms with Crippen molar-refractivity contribution in [2.45, 2.75) is 117 Å². The minimum atomic E-state index is -3.25. The Bertz CT molecular complexity index is 770. The van der Waals surface area contributed by atoms with Crippen molar-refractivity contribution in [2.75, 3.05) is 26.4 Å². The van der Waals surface area contributed by atoms with Gasteiger partial charge in [-0.15, -0.1) is 0 Å². The molecule has 0 aliphatic carbocycles. The molecule has 0 saturated carbocycles. The third-order valence-electron chi connectivity index (χ3n) is 5.97. The molecule has 1 rings (SSSR count). The van der Waals surface area contributed by atoms with Crippen LogP contribution in [0.5, 0.6) is 0 Å². The van der Waals surface area contributed by atoms with Gasteiger partial charge in [-0.1, -0.05) is 102 Å². The molecule has 0 aliphatic rings. The Labute approximate surface area is 221 Å². The summed E-state index contributed by atoms with van der Waals surface area (Å²) in [5.41, 5.74) is 1.68. The molecule has 0 spiro atoms. The van der Waals surface area contributed by atoms with E-state index in [1.54, 1.807) is 0 Å². The summed E-state index contributed by atoms with van der Waals surface area (Å²) in [5.74, 6) is 0. The Balaban J connectivity index is 2.65. The molecule has 0 bridgehead atoms. The van der Waals surface area contributed by atoms with Crippen molar-refractivity contribution in [2.24, 2.45) is 0 Å². The molecule has 0 saturated heterocycles.